The summed E-state index contributed by atoms with van der Waals surface area (Å²) in [7, 11) is 0. The Morgan fingerprint density at radius 1 is 1.69 bits per heavy atom. The summed E-state index contributed by atoms with van der Waals surface area (Å²) >= 11 is 0. The van der Waals surface area contributed by atoms with Crippen molar-refractivity contribution < 1.29 is 9.53 Å². The number of aromatic nitrogens is 2. The lowest BCUT2D eigenvalue weighted by atomic mass is 9.72. The van der Waals surface area contributed by atoms with Gasteiger partial charge in [0.1, 0.15) is 0 Å². The Morgan fingerprint density at radius 2 is 2.56 bits per heavy atom. The van der Waals surface area contributed by atoms with E-state index >= 15 is 0 Å². The van der Waals surface area contributed by atoms with Crippen LogP contribution in [0, 0.1) is 5.92 Å². The molecule has 4 N–H and O–H groups in total. The molecule has 86 valence electrons. The van der Waals surface area contributed by atoms with Crippen LogP contribution in [0.3, 0.4) is 0 Å². The van der Waals surface area contributed by atoms with E-state index in [9.17, 15) is 4.79 Å². The summed E-state index contributed by atoms with van der Waals surface area (Å²) in [4.78, 5) is 11.8. The highest BCUT2D eigenvalue weighted by atomic mass is 16.5. The molecule has 0 unspecified atom stereocenters. The van der Waals surface area contributed by atoms with Crippen molar-refractivity contribution >= 4 is 5.91 Å². The van der Waals surface area contributed by atoms with Crippen LogP contribution in [0.25, 0.3) is 0 Å². The van der Waals surface area contributed by atoms with E-state index < -0.39 is 0 Å². The third-order valence-electron chi connectivity index (χ3n) is 3.50. The number of hydrogen-bond acceptors (Lipinski definition) is 4. The van der Waals surface area contributed by atoms with E-state index in [0.29, 0.717) is 11.5 Å². The van der Waals surface area contributed by atoms with E-state index in [2.05, 4.69) is 15.5 Å². The van der Waals surface area contributed by atoms with Crippen LogP contribution >= 0.6 is 0 Å². The molecule has 1 aromatic rings. The lowest BCUT2D eigenvalue weighted by molar-refractivity contribution is -0.0161. The van der Waals surface area contributed by atoms with Gasteiger partial charge in [-0.2, -0.15) is 5.10 Å². The maximum atomic E-state index is 11.8. The topological polar surface area (TPSA) is 93.0 Å². The van der Waals surface area contributed by atoms with Crippen LogP contribution in [0.2, 0.25) is 0 Å². The number of H-pyrrole nitrogens is 1. The van der Waals surface area contributed by atoms with Crippen LogP contribution in [-0.2, 0) is 4.74 Å². The minimum Gasteiger partial charge on any atom is -0.376 e. The van der Waals surface area contributed by atoms with Gasteiger partial charge < -0.3 is 15.8 Å². The van der Waals surface area contributed by atoms with Gasteiger partial charge in [0.2, 0.25) is 0 Å². The Morgan fingerprint density at radius 3 is 3.31 bits per heavy atom. The van der Waals surface area contributed by atoms with Gasteiger partial charge in [-0.3, -0.25) is 9.89 Å². The first kappa shape index (κ1) is 9.80. The zero-order valence-electron chi connectivity index (χ0n) is 8.72. The predicted molar refractivity (Wildman–Crippen MR) is 55.7 cm³/mol. The first-order chi connectivity index (χ1) is 7.77. The smallest absolute Gasteiger partial charge is 0.254 e. The van der Waals surface area contributed by atoms with Crippen molar-refractivity contribution in [3.05, 3.63) is 18.0 Å². The highest BCUT2D eigenvalue weighted by Gasteiger charge is 2.52. The average Bonchev–Trinajstić information content (AvgIpc) is 2.94. The van der Waals surface area contributed by atoms with Gasteiger partial charge in [-0.15, -0.1) is 0 Å². The lowest BCUT2D eigenvalue weighted by Crippen LogP contribution is -2.68. The second-order valence-corrected chi connectivity index (χ2v) is 4.35. The molecule has 6 nitrogen and oxygen atoms in total. The molecular weight excluding hydrogens is 208 g/mol. The van der Waals surface area contributed by atoms with Crippen molar-refractivity contribution in [1.29, 1.82) is 0 Å². The van der Waals surface area contributed by atoms with Crippen molar-refractivity contribution in [2.75, 3.05) is 6.61 Å². The molecule has 1 aliphatic carbocycles. The quantitative estimate of drug-likeness (QED) is 0.614. The number of fused-ring (bicyclic) bond motifs is 1. The van der Waals surface area contributed by atoms with Crippen molar-refractivity contribution in [1.82, 2.24) is 15.5 Å². The minimum atomic E-state index is -0.150. The zero-order valence-corrected chi connectivity index (χ0v) is 8.72. The Hall–Kier alpha value is -1.40. The number of amides is 1. The van der Waals surface area contributed by atoms with Crippen LogP contribution in [0.15, 0.2) is 12.4 Å². The Labute approximate surface area is 92.5 Å². The maximum Gasteiger partial charge on any atom is 0.254 e. The summed E-state index contributed by atoms with van der Waals surface area (Å²) in [6.45, 7) is 0.751. The normalized spacial score (nSPS) is 36.6. The standard InChI is InChI=1S/C10H14N4O2/c11-7-6-1-2-16-9(6)8(7)14-10(15)5-3-12-13-4-5/h3-4,6-9H,1-2,11H2,(H,12,13)(H,14,15)/t6-,7+,8-,9-/m1/s1. The molecule has 6 heteroatoms. The minimum absolute atomic E-state index is 0.0170. The number of ether oxygens (including phenoxy) is 1. The molecule has 4 atom stereocenters. The number of hydrogen-bond donors (Lipinski definition) is 3. The second-order valence-electron chi connectivity index (χ2n) is 4.35. The van der Waals surface area contributed by atoms with E-state index in [1.807, 2.05) is 0 Å². The summed E-state index contributed by atoms with van der Waals surface area (Å²) in [6.07, 6.45) is 4.16. The fourth-order valence-corrected chi connectivity index (χ4v) is 2.54. The number of nitrogens with zero attached hydrogens (tertiary/aromatic N) is 1. The molecule has 16 heavy (non-hydrogen) atoms. The molecule has 0 aromatic carbocycles. The van der Waals surface area contributed by atoms with Gasteiger partial charge in [0, 0.05) is 24.8 Å². The van der Waals surface area contributed by atoms with Crippen LogP contribution in [0.5, 0.6) is 0 Å². The molecule has 0 spiro atoms. The van der Waals surface area contributed by atoms with Gasteiger partial charge in [-0.1, -0.05) is 0 Å². The van der Waals surface area contributed by atoms with Crippen LogP contribution in [0.1, 0.15) is 16.8 Å². The van der Waals surface area contributed by atoms with Crippen LogP contribution < -0.4 is 11.1 Å². The van der Waals surface area contributed by atoms with Crippen molar-refractivity contribution in [2.24, 2.45) is 11.7 Å². The first-order valence-electron chi connectivity index (χ1n) is 5.44. The number of carbonyl (C=O) groups is 1. The molecule has 3 rings (SSSR count). The highest BCUT2D eigenvalue weighted by Crippen LogP contribution is 2.37. The largest absolute Gasteiger partial charge is 0.376 e. The van der Waals surface area contributed by atoms with Gasteiger partial charge in [-0.05, 0) is 6.42 Å². The van der Waals surface area contributed by atoms with Crippen molar-refractivity contribution in [3.8, 4) is 0 Å². The number of carbonyl (C=O) groups excluding carboxylic acids is 1. The van der Waals surface area contributed by atoms with Crippen molar-refractivity contribution in [3.63, 3.8) is 0 Å². The summed E-state index contributed by atoms with van der Waals surface area (Å²) in [5.74, 6) is 0.262. The van der Waals surface area contributed by atoms with Crippen LogP contribution in [0.4, 0.5) is 0 Å². The summed E-state index contributed by atoms with van der Waals surface area (Å²) in [5, 5.41) is 9.23. The Balaban J connectivity index is 1.65. The number of aromatic amines is 1. The highest BCUT2D eigenvalue weighted by molar-refractivity contribution is 5.94. The molecule has 1 aromatic heterocycles. The van der Waals surface area contributed by atoms with Gasteiger partial charge in [0.05, 0.1) is 23.9 Å². The average molecular weight is 222 g/mol. The van der Waals surface area contributed by atoms with Crippen molar-refractivity contribution in [2.45, 2.75) is 24.6 Å². The molecular formula is C10H14N4O2. The Bertz CT molecular complexity index is 392. The monoisotopic (exact) mass is 222 g/mol. The summed E-state index contributed by atoms with van der Waals surface area (Å²) in [6, 6.07) is -0.0433. The zero-order chi connectivity index (χ0) is 11.1. The molecule has 0 bridgehead atoms. The number of rotatable bonds is 2. The Kier molecular flexibility index (Phi) is 2.19. The molecule has 1 saturated carbocycles. The van der Waals surface area contributed by atoms with Gasteiger partial charge in [0.25, 0.3) is 5.91 Å². The van der Waals surface area contributed by atoms with Gasteiger partial charge in [-0.25, -0.2) is 0 Å². The molecule has 1 saturated heterocycles. The lowest BCUT2D eigenvalue weighted by Gasteiger charge is -2.45. The molecule has 0 radical (unpaired) electrons. The number of nitrogens with one attached hydrogen (secondary N) is 2. The molecule has 1 aliphatic heterocycles. The fraction of sp³-hybridized carbons (Fsp3) is 0.600. The summed E-state index contributed by atoms with van der Waals surface area (Å²) in [5.41, 5.74) is 6.51. The van der Waals surface area contributed by atoms with E-state index in [0.717, 1.165) is 13.0 Å². The molecule has 2 heterocycles. The summed E-state index contributed by atoms with van der Waals surface area (Å²) < 4.78 is 5.53. The van der Waals surface area contributed by atoms with Gasteiger partial charge >= 0.3 is 0 Å². The van der Waals surface area contributed by atoms with Gasteiger partial charge in [0.15, 0.2) is 0 Å². The molecule has 2 aliphatic rings. The third-order valence-corrected chi connectivity index (χ3v) is 3.50. The van der Waals surface area contributed by atoms with E-state index in [4.69, 9.17) is 10.5 Å². The SMILES string of the molecule is N[C@H]1[C@H]2CCO[C@H]2[C@@H]1NC(=O)c1cn[nH]c1. The second kappa shape index (κ2) is 3.57. The van der Waals surface area contributed by atoms with Crippen LogP contribution in [-0.4, -0.2) is 40.9 Å². The third kappa shape index (κ3) is 1.34. The predicted octanol–water partition coefficient (Wildman–Crippen LogP) is -0.746. The first-order valence-corrected chi connectivity index (χ1v) is 5.44. The maximum absolute atomic E-state index is 11.8. The van der Waals surface area contributed by atoms with E-state index in [1.54, 1.807) is 6.20 Å². The number of nitrogens with two attached hydrogens (primary N) is 1. The fourth-order valence-electron chi connectivity index (χ4n) is 2.54. The molecule has 1 amide bonds. The van der Waals surface area contributed by atoms with E-state index in [-0.39, 0.29) is 24.1 Å². The molecule has 2 fully saturated rings. The van der Waals surface area contributed by atoms with E-state index in [1.165, 1.54) is 6.20 Å².